The highest BCUT2D eigenvalue weighted by Gasteiger charge is 2.19. The van der Waals surface area contributed by atoms with Crippen molar-refractivity contribution >= 4 is 17.6 Å². The number of nitrogens with zero attached hydrogens (tertiary/aromatic N) is 3. The zero-order valence-electron chi connectivity index (χ0n) is 10.0. The fraction of sp³-hybridized carbons (Fsp3) is 0.667. The summed E-state index contributed by atoms with van der Waals surface area (Å²) in [5.41, 5.74) is 5.31. The normalized spacial score (nSPS) is 14.2. The van der Waals surface area contributed by atoms with Crippen molar-refractivity contribution in [1.82, 2.24) is 14.8 Å². The summed E-state index contributed by atoms with van der Waals surface area (Å²) in [6, 6.07) is 0.00791. The second kappa shape index (κ2) is 5.76. The van der Waals surface area contributed by atoms with Gasteiger partial charge in [0.25, 0.3) is 0 Å². The van der Waals surface area contributed by atoms with Crippen molar-refractivity contribution < 1.29 is 5.21 Å². The molecule has 1 heterocycles. The van der Waals surface area contributed by atoms with Crippen molar-refractivity contribution in [2.24, 2.45) is 10.9 Å². The number of nitrogens with one attached hydrogen (secondary N) is 1. The fourth-order valence-corrected chi connectivity index (χ4v) is 2.47. The van der Waals surface area contributed by atoms with Crippen LogP contribution in [0.2, 0.25) is 0 Å². The van der Waals surface area contributed by atoms with E-state index >= 15 is 0 Å². The fourth-order valence-electron chi connectivity index (χ4n) is 1.37. The summed E-state index contributed by atoms with van der Waals surface area (Å²) >= 11 is 1.30. The Labute approximate surface area is 103 Å². The number of rotatable bonds is 5. The van der Waals surface area contributed by atoms with E-state index in [-0.39, 0.29) is 22.8 Å². The smallest absolute Gasteiger partial charge is 0.344 e. The lowest BCUT2D eigenvalue weighted by Gasteiger charge is -2.14. The van der Waals surface area contributed by atoms with Crippen molar-refractivity contribution in [1.29, 1.82) is 0 Å². The van der Waals surface area contributed by atoms with E-state index in [1.54, 1.807) is 0 Å². The third kappa shape index (κ3) is 3.02. The van der Waals surface area contributed by atoms with Gasteiger partial charge in [-0.3, -0.25) is 4.57 Å². The maximum absolute atomic E-state index is 11.5. The summed E-state index contributed by atoms with van der Waals surface area (Å²) in [5, 5.41) is 18.3. The van der Waals surface area contributed by atoms with Crippen LogP contribution in [0, 0.1) is 0 Å². The van der Waals surface area contributed by atoms with Crippen molar-refractivity contribution in [2.45, 2.75) is 43.6 Å². The van der Waals surface area contributed by atoms with Crippen molar-refractivity contribution in [3.8, 4) is 0 Å². The van der Waals surface area contributed by atoms with Crippen LogP contribution in [0.25, 0.3) is 0 Å². The number of amidine groups is 1. The molecule has 4 N–H and O–H groups in total. The van der Waals surface area contributed by atoms with E-state index in [1.165, 1.54) is 16.3 Å². The highest BCUT2D eigenvalue weighted by molar-refractivity contribution is 8.00. The highest BCUT2D eigenvalue weighted by atomic mass is 32.2. The average molecular weight is 259 g/mol. The van der Waals surface area contributed by atoms with E-state index in [2.05, 4.69) is 15.4 Å². The molecule has 1 aromatic rings. The van der Waals surface area contributed by atoms with Gasteiger partial charge in [0, 0.05) is 6.04 Å². The quantitative estimate of drug-likeness (QED) is 0.238. The molecule has 0 saturated carbocycles. The molecular formula is C9H17N5O2S. The molecule has 1 aromatic heterocycles. The molecule has 0 aliphatic rings. The number of oxime groups is 1. The number of hydrogen-bond acceptors (Lipinski definition) is 5. The van der Waals surface area contributed by atoms with Gasteiger partial charge in [-0.05, 0) is 20.3 Å². The van der Waals surface area contributed by atoms with E-state index in [9.17, 15) is 4.79 Å². The molecule has 0 spiro atoms. The van der Waals surface area contributed by atoms with Gasteiger partial charge in [0.15, 0.2) is 11.0 Å². The van der Waals surface area contributed by atoms with Crippen LogP contribution in [0.1, 0.15) is 33.2 Å². The summed E-state index contributed by atoms with van der Waals surface area (Å²) in [5.74, 6) is 0.128. The van der Waals surface area contributed by atoms with Gasteiger partial charge < -0.3 is 10.9 Å². The maximum Gasteiger partial charge on any atom is 0.344 e. The van der Waals surface area contributed by atoms with Gasteiger partial charge >= 0.3 is 5.69 Å². The van der Waals surface area contributed by atoms with Crippen LogP contribution in [-0.4, -0.2) is 31.1 Å². The first-order valence-corrected chi connectivity index (χ1v) is 6.20. The summed E-state index contributed by atoms with van der Waals surface area (Å²) < 4.78 is 1.54. The lowest BCUT2D eigenvalue weighted by Crippen LogP contribution is -2.27. The molecule has 0 bridgehead atoms. The van der Waals surface area contributed by atoms with E-state index in [0.29, 0.717) is 11.6 Å². The number of thioether (sulfide) groups is 1. The summed E-state index contributed by atoms with van der Waals surface area (Å²) in [4.78, 5) is 11.5. The molecule has 0 saturated heterocycles. The summed E-state index contributed by atoms with van der Waals surface area (Å²) in [7, 11) is 0. The molecular weight excluding hydrogens is 242 g/mol. The number of aromatic nitrogens is 3. The highest BCUT2D eigenvalue weighted by Crippen LogP contribution is 2.24. The van der Waals surface area contributed by atoms with Gasteiger partial charge in [-0.25, -0.2) is 9.89 Å². The van der Waals surface area contributed by atoms with E-state index in [4.69, 9.17) is 10.9 Å². The molecule has 8 heteroatoms. The molecule has 0 aromatic carbocycles. The number of nitrogens with two attached hydrogens (primary N) is 1. The third-order valence-electron chi connectivity index (χ3n) is 2.25. The second-order valence-electron chi connectivity index (χ2n) is 3.81. The Morgan fingerprint density at radius 2 is 2.35 bits per heavy atom. The Morgan fingerprint density at radius 1 is 1.71 bits per heavy atom. The molecule has 1 atom stereocenters. The predicted octanol–water partition coefficient (Wildman–Crippen LogP) is 0.769. The zero-order valence-corrected chi connectivity index (χ0v) is 10.9. The molecule has 0 aliphatic heterocycles. The Kier molecular flexibility index (Phi) is 4.62. The van der Waals surface area contributed by atoms with Gasteiger partial charge in [0.1, 0.15) is 0 Å². The molecule has 1 unspecified atom stereocenters. The minimum Gasteiger partial charge on any atom is -0.409 e. The first-order chi connectivity index (χ1) is 8.01. The average Bonchev–Trinajstić information content (AvgIpc) is 2.66. The first kappa shape index (κ1) is 13.6. The van der Waals surface area contributed by atoms with Crippen LogP contribution in [-0.2, 0) is 0 Å². The molecule has 0 radical (unpaired) electrons. The van der Waals surface area contributed by atoms with E-state index in [1.807, 2.05) is 20.8 Å². The molecule has 0 fully saturated rings. The van der Waals surface area contributed by atoms with Crippen LogP contribution in [0.15, 0.2) is 15.1 Å². The topological polar surface area (TPSA) is 109 Å². The van der Waals surface area contributed by atoms with Crippen molar-refractivity contribution in [3.63, 3.8) is 0 Å². The zero-order chi connectivity index (χ0) is 13.0. The molecule has 96 valence electrons. The Bertz CT molecular complexity index is 450. The molecule has 17 heavy (non-hydrogen) atoms. The van der Waals surface area contributed by atoms with Crippen LogP contribution in [0.3, 0.4) is 0 Å². The van der Waals surface area contributed by atoms with Gasteiger partial charge in [-0.2, -0.15) is 0 Å². The SMILES string of the molecule is CCC(Sc1n[nH]c(=O)n1C(C)C)C(N)=NO. The van der Waals surface area contributed by atoms with Gasteiger partial charge in [-0.1, -0.05) is 23.8 Å². The van der Waals surface area contributed by atoms with Gasteiger partial charge in [0.05, 0.1) is 5.25 Å². The van der Waals surface area contributed by atoms with E-state index < -0.39 is 0 Å². The Hall–Kier alpha value is -1.44. The Balaban J connectivity index is 2.98. The van der Waals surface area contributed by atoms with Gasteiger partial charge in [0.2, 0.25) is 0 Å². The van der Waals surface area contributed by atoms with Crippen molar-refractivity contribution in [3.05, 3.63) is 10.5 Å². The lowest BCUT2D eigenvalue weighted by molar-refractivity contribution is 0.317. The third-order valence-corrected chi connectivity index (χ3v) is 3.61. The van der Waals surface area contributed by atoms with Gasteiger partial charge in [-0.15, -0.1) is 5.10 Å². The number of aromatic amines is 1. The molecule has 0 amide bonds. The first-order valence-electron chi connectivity index (χ1n) is 5.32. The molecule has 0 aliphatic carbocycles. The van der Waals surface area contributed by atoms with Crippen LogP contribution >= 0.6 is 11.8 Å². The van der Waals surface area contributed by atoms with E-state index in [0.717, 1.165) is 0 Å². The maximum atomic E-state index is 11.5. The monoisotopic (exact) mass is 259 g/mol. The second-order valence-corrected chi connectivity index (χ2v) is 4.98. The largest absolute Gasteiger partial charge is 0.409 e. The van der Waals surface area contributed by atoms with Crippen LogP contribution in [0.4, 0.5) is 0 Å². The standard InChI is InChI=1S/C9H17N5O2S/c1-4-6(7(10)13-16)17-9-12-11-8(15)14(9)5(2)3/h5-6,16H,4H2,1-3H3,(H2,10,13)(H,11,15). The summed E-state index contributed by atoms with van der Waals surface area (Å²) in [6.45, 7) is 5.71. The molecule has 7 nitrogen and oxygen atoms in total. The van der Waals surface area contributed by atoms with Crippen LogP contribution in [0.5, 0.6) is 0 Å². The number of H-pyrrole nitrogens is 1. The minimum atomic E-state index is -0.253. The van der Waals surface area contributed by atoms with Crippen molar-refractivity contribution in [2.75, 3.05) is 0 Å². The summed E-state index contributed by atoms with van der Waals surface area (Å²) in [6.07, 6.45) is 0.680. The lowest BCUT2D eigenvalue weighted by atomic mass is 10.3. The molecule has 1 rings (SSSR count). The minimum absolute atomic E-state index is 0.00791. The number of hydrogen-bond donors (Lipinski definition) is 3. The predicted molar refractivity (Wildman–Crippen MR) is 66.6 cm³/mol. The Morgan fingerprint density at radius 3 is 2.82 bits per heavy atom. The van der Waals surface area contributed by atoms with Crippen LogP contribution < -0.4 is 11.4 Å².